The van der Waals surface area contributed by atoms with E-state index in [4.69, 9.17) is 9.88 Å². The van der Waals surface area contributed by atoms with Gasteiger partial charge < -0.3 is 10.1 Å². The van der Waals surface area contributed by atoms with Gasteiger partial charge in [-0.3, -0.25) is 4.72 Å². The monoisotopic (exact) mass is 313 g/mol. The Morgan fingerprint density at radius 2 is 2.14 bits per heavy atom. The normalized spacial score (nSPS) is 22.8. The molecular weight excluding hydrogens is 290 g/mol. The first-order chi connectivity index (χ1) is 9.96. The van der Waals surface area contributed by atoms with Crippen molar-refractivity contribution in [2.75, 3.05) is 16.6 Å². The summed E-state index contributed by atoms with van der Waals surface area (Å²) in [4.78, 5) is 0. The summed E-state index contributed by atoms with van der Waals surface area (Å²) in [7, 11) is -3.74. The molecule has 0 spiro atoms. The minimum absolute atomic E-state index is 0.312. The highest BCUT2D eigenvalue weighted by molar-refractivity contribution is 7.90. The Labute approximate surface area is 126 Å². The van der Waals surface area contributed by atoms with Crippen molar-refractivity contribution in [3.05, 3.63) is 24.3 Å². The van der Waals surface area contributed by atoms with Crippen LogP contribution in [0.25, 0.3) is 0 Å². The van der Waals surface area contributed by atoms with Crippen molar-refractivity contribution in [2.24, 2.45) is 5.14 Å². The highest BCUT2D eigenvalue weighted by atomic mass is 32.2. The minimum atomic E-state index is -3.74. The Balaban J connectivity index is 1.97. The fraction of sp³-hybridized carbons (Fsp3) is 0.571. The number of benzene rings is 1. The molecule has 1 aromatic carbocycles. The van der Waals surface area contributed by atoms with Gasteiger partial charge in [0, 0.05) is 18.3 Å². The average molecular weight is 313 g/mol. The summed E-state index contributed by atoms with van der Waals surface area (Å²) >= 11 is 0. The molecule has 1 aliphatic rings. The van der Waals surface area contributed by atoms with Crippen LogP contribution in [0.15, 0.2) is 24.3 Å². The molecule has 7 heteroatoms. The van der Waals surface area contributed by atoms with Crippen molar-refractivity contribution in [1.29, 1.82) is 0 Å². The Morgan fingerprint density at radius 1 is 1.38 bits per heavy atom. The second kappa shape index (κ2) is 7.11. The molecule has 2 atom stereocenters. The Hall–Kier alpha value is -1.31. The van der Waals surface area contributed by atoms with Crippen LogP contribution >= 0.6 is 0 Å². The maximum Gasteiger partial charge on any atom is 0.296 e. The van der Waals surface area contributed by atoms with Gasteiger partial charge in [-0.1, -0.05) is 19.4 Å². The number of hydrogen-bond acceptors (Lipinski definition) is 4. The predicted molar refractivity (Wildman–Crippen MR) is 84.5 cm³/mol. The van der Waals surface area contributed by atoms with Gasteiger partial charge in [0.15, 0.2) is 0 Å². The lowest BCUT2D eigenvalue weighted by Gasteiger charge is -2.30. The summed E-state index contributed by atoms with van der Waals surface area (Å²) in [6.07, 6.45) is 4.43. The number of ether oxygens (including phenoxy) is 1. The number of nitrogens with one attached hydrogen (secondary N) is 2. The van der Waals surface area contributed by atoms with E-state index in [1.165, 1.54) is 0 Å². The molecule has 0 radical (unpaired) electrons. The van der Waals surface area contributed by atoms with E-state index in [-0.39, 0.29) is 0 Å². The van der Waals surface area contributed by atoms with Crippen LogP contribution < -0.4 is 15.2 Å². The summed E-state index contributed by atoms with van der Waals surface area (Å²) in [5.74, 6) is 0. The van der Waals surface area contributed by atoms with Crippen molar-refractivity contribution in [1.82, 2.24) is 0 Å². The van der Waals surface area contributed by atoms with E-state index in [2.05, 4.69) is 17.0 Å². The van der Waals surface area contributed by atoms with Gasteiger partial charge in [-0.2, -0.15) is 8.42 Å². The van der Waals surface area contributed by atoms with E-state index in [0.29, 0.717) is 17.8 Å². The number of nitrogens with two attached hydrogens (primary N) is 1. The number of rotatable bonds is 6. The van der Waals surface area contributed by atoms with Gasteiger partial charge in [-0.25, -0.2) is 5.14 Å². The van der Waals surface area contributed by atoms with Gasteiger partial charge in [0.2, 0.25) is 0 Å². The van der Waals surface area contributed by atoms with Crippen LogP contribution in [-0.4, -0.2) is 27.2 Å². The smallest absolute Gasteiger partial charge is 0.296 e. The molecule has 0 amide bonds. The molecule has 1 aliphatic heterocycles. The molecule has 6 nitrogen and oxygen atoms in total. The lowest BCUT2D eigenvalue weighted by atomic mass is 10.00. The predicted octanol–water partition coefficient (Wildman–Crippen LogP) is 2.06. The SMILES string of the molecule is CCCC1CC(Nc2cccc(NS(N)(=O)=O)c2)CCO1. The second-order valence-electron chi connectivity index (χ2n) is 5.37. The Kier molecular flexibility index (Phi) is 5.44. The molecule has 118 valence electrons. The van der Waals surface area contributed by atoms with Crippen LogP contribution in [0.2, 0.25) is 0 Å². The third-order valence-electron chi connectivity index (χ3n) is 3.47. The van der Waals surface area contributed by atoms with Crippen molar-refractivity contribution in [2.45, 2.75) is 44.8 Å². The molecule has 0 aliphatic carbocycles. The summed E-state index contributed by atoms with van der Waals surface area (Å²) in [6, 6.07) is 7.46. The molecule has 1 fully saturated rings. The summed E-state index contributed by atoms with van der Waals surface area (Å²) in [5, 5.41) is 8.42. The zero-order chi connectivity index (χ0) is 15.3. The first-order valence-corrected chi connectivity index (χ1v) is 8.79. The molecule has 21 heavy (non-hydrogen) atoms. The average Bonchev–Trinajstić information content (AvgIpc) is 2.38. The molecule has 1 heterocycles. The van der Waals surface area contributed by atoms with E-state index < -0.39 is 10.2 Å². The van der Waals surface area contributed by atoms with Gasteiger partial charge in [0.25, 0.3) is 10.2 Å². The molecule has 2 unspecified atom stereocenters. The zero-order valence-electron chi connectivity index (χ0n) is 12.2. The lowest BCUT2D eigenvalue weighted by molar-refractivity contribution is 0.00598. The van der Waals surface area contributed by atoms with E-state index in [0.717, 1.165) is 38.0 Å². The first-order valence-electron chi connectivity index (χ1n) is 7.25. The quantitative estimate of drug-likeness (QED) is 0.749. The maximum atomic E-state index is 11.0. The van der Waals surface area contributed by atoms with E-state index in [1.54, 1.807) is 18.2 Å². The topological polar surface area (TPSA) is 93.5 Å². The Bertz CT molecular complexity index is 560. The summed E-state index contributed by atoms with van der Waals surface area (Å²) in [5.41, 5.74) is 1.34. The minimum Gasteiger partial charge on any atom is -0.382 e. The highest BCUT2D eigenvalue weighted by Gasteiger charge is 2.21. The fourth-order valence-electron chi connectivity index (χ4n) is 2.61. The first kappa shape index (κ1) is 16.1. The van der Waals surface area contributed by atoms with Crippen molar-refractivity contribution >= 4 is 21.6 Å². The van der Waals surface area contributed by atoms with Crippen LogP contribution in [0.3, 0.4) is 0 Å². The molecule has 0 saturated carbocycles. The molecule has 4 N–H and O–H groups in total. The van der Waals surface area contributed by atoms with Gasteiger partial charge >= 0.3 is 0 Å². The highest BCUT2D eigenvalue weighted by Crippen LogP contribution is 2.23. The van der Waals surface area contributed by atoms with Gasteiger partial charge in [-0.05, 0) is 37.5 Å². The van der Waals surface area contributed by atoms with Crippen molar-refractivity contribution in [3.8, 4) is 0 Å². The molecule has 0 bridgehead atoms. The van der Waals surface area contributed by atoms with Gasteiger partial charge in [0.1, 0.15) is 0 Å². The van der Waals surface area contributed by atoms with Crippen LogP contribution in [0.1, 0.15) is 32.6 Å². The van der Waals surface area contributed by atoms with E-state index in [9.17, 15) is 8.42 Å². The van der Waals surface area contributed by atoms with Crippen molar-refractivity contribution in [3.63, 3.8) is 0 Å². The largest absolute Gasteiger partial charge is 0.382 e. The fourth-order valence-corrected chi connectivity index (χ4v) is 3.06. The number of hydrogen-bond donors (Lipinski definition) is 3. The summed E-state index contributed by atoms with van der Waals surface area (Å²) in [6.45, 7) is 2.92. The van der Waals surface area contributed by atoms with E-state index >= 15 is 0 Å². The van der Waals surface area contributed by atoms with E-state index in [1.807, 2.05) is 6.07 Å². The zero-order valence-corrected chi connectivity index (χ0v) is 13.0. The molecular formula is C14H23N3O3S. The summed E-state index contributed by atoms with van der Waals surface area (Å²) < 4.78 is 30.1. The number of anilines is 2. The second-order valence-corrected chi connectivity index (χ2v) is 6.67. The molecule has 1 saturated heterocycles. The van der Waals surface area contributed by atoms with Gasteiger partial charge in [-0.15, -0.1) is 0 Å². The standard InChI is InChI=1S/C14H23N3O3S/c1-2-4-14-10-12(7-8-20-14)16-11-5-3-6-13(9-11)17-21(15,18)19/h3,5-6,9,12,14,16-17H,2,4,7-8,10H2,1H3,(H2,15,18,19). The molecule has 0 aromatic heterocycles. The van der Waals surface area contributed by atoms with Crippen molar-refractivity contribution < 1.29 is 13.2 Å². The third-order valence-corrected chi connectivity index (χ3v) is 3.99. The third kappa shape index (κ3) is 5.53. The van der Waals surface area contributed by atoms with Gasteiger partial charge in [0.05, 0.1) is 11.8 Å². The molecule has 2 rings (SSSR count). The molecule has 1 aromatic rings. The maximum absolute atomic E-state index is 11.0. The lowest BCUT2D eigenvalue weighted by Crippen LogP contribution is -2.34. The van der Waals surface area contributed by atoms with Crippen LogP contribution in [-0.2, 0) is 14.9 Å². The Morgan fingerprint density at radius 3 is 2.86 bits per heavy atom. The van der Waals surface area contributed by atoms with Crippen LogP contribution in [0.4, 0.5) is 11.4 Å². The van der Waals surface area contributed by atoms with Crippen LogP contribution in [0.5, 0.6) is 0 Å². The van der Waals surface area contributed by atoms with Crippen LogP contribution in [0, 0.1) is 0 Å².